The third-order valence-electron chi connectivity index (χ3n) is 4.39. The molecule has 3 nitrogen and oxygen atoms in total. The first-order valence-electron chi connectivity index (χ1n) is 6.18. The topological polar surface area (TPSA) is 49.3 Å². The molecule has 0 heterocycles. The molecule has 0 saturated heterocycles. The fourth-order valence-electron chi connectivity index (χ4n) is 3.19. The summed E-state index contributed by atoms with van der Waals surface area (Å²) in [5.41, 5.74) is 0. The molecule has 3 fully saturated rings. The molecule has 1 amide bonds. The Labute approximate surface area is 90.2 Å². The van der Waals surface area contributed by atoms with Gasteiger partial charge in [-0.3, -0.25) is 4.79 Å². The van der Waals surface area contributed by atoms with Crippen LogP contribution in [0.5, 0.6) is 0 Å². The van der Waals surface area contributed by atoms with Crippen LogP contribution >= 0.6 is 0 Å². The summed E-state index contributed by atoms with van der Waals surface area (Å²) in [7, 11) is 0. The number of fused-ring (bicyclic) bond motifs is 1. The van der Waals surface area contributed by atoms with Crippen molar-refractivity contribution in [1.82, 2.24) is 5.32 Å². The van der Waals surface area contributed by atoms with Crippen LogP contribution in [0.3, 0.4) is 0 Å². The normalized spacial score (nSPS) is 46.9. The molecular weight excluding hydrogens is 190 g/mol. The molecule has 3 rings (SSSR count). The van der Waals surface area contributed by atoms with E-state index in [1.807, 2.05) is 0 Å². The average Bonchev–Trinajstić information content (AvgIpc) is 2.78. The van der Waals surface area contributed by atoms with Gasteiger partial charge in [0.1, 0.15) is 0 Å². The van der Waals surface area contributed by atoms with Crippen molar-refractivity contribution >= 4 is 5.91 Å². The Kier molecular flexibility index (Phi) is 2.23. The van der Waals surface area contributed by atoms with E-state index in [-0.39, 0.29) is 12.0 Å². The fraction of sp³-hybridized carbons (Fsp3) is 0.917. The first kappa shape index (κ1) is 9.64. The monoisotopic (exact) mass is 209 g/mol. The van der Waals surface area contributed by atoms with Gasteiger partial charge in [-0.05, 0) is 49.9 Å². The van der Waals surface area contributed by atoms with Crippen molar-refractivity contribution < 1.29 is 9.90 Å². The van der Waals surface area contributed by atoms with Crippen molar-refractivity contribution in [2.24, 2.45) is 23.7 Å². The number of amides is 1. The van der Waals surface area contributed by atoms with Gasteiger partial charge < -0.3 is 10.4 Å². The maximum atomic E-state index is 11.8. The second-order valence-corrected chi connectivity index (χ2v) is 5.66. The fourth-order valence-corrected chi connectivity index (χ4v) is 3.19. The predicted molar refractivity (Wildman–Crippen MR) is 56.1 cm³/mol. The first-order chi connectivity index (χ1) is 7.22. The molecule has 3 saturated carbocycles. The van der Waals surface area contributed by atoms with Crippen molar-refractivity contribution in [3.63, 3.8) is 0 Å². The SMILES string of the molecule is O=C(NCC1CC(O)C1)C1CC2CC2C1. The lowest BCUT2D eigenvalue weighted by Crippen LogP contribution is -2.40. The van der Waals surface area contributed by atoms with Gasteiger partial charge in [0.2, 0.25) is 5.91 Å². The molecule has 0 aromatic rings. The second-order valence-electron chi connectivity index (χ2n) is 5.66. The van der Waals surface area contributed by atoms with Crippen molar-refractivity contribution in [2.45, 2.75) is 38.2 Å². The number of aliphatic hydroxyl groups is 1. The first-order valence-corrected chi connectivity index (χ1v) is 6.18. The Morgan fingerprint density at radius 3 is 2.40 bits per heavy atom. The lowest BCUT2D eigenvalue weighted by atomic mass is 9.82. The number of carbonyl (C=O) groups excluding carboxylic acids is 1. The van der Waals surface area contributed by atoms with Crippen molar-refractivity contribution in [1.29, 1.82) is 0 Å². The van der Waals surface area contributed by atoms with Crippen LogP contribution in [0.25, 0.3) is 0 Å². The van der Waals surface area contributed by atoms with Crippen LogP contribution in [-0.2, 0) is 4.79 Å². The molecule has 2 atom stereocenters. The molecule has 3 aliphatic rings. The van der Waals surface area contributed by atoms with E-state index in [4.69, 9.17) is 5.11 Å². The zero-order valence-electron chi connectivity index (χ0n) is 8.98. The molecule has 3 aliphatic carbocycles. The minimum absolute atomic E-state index is 0.106. The summed E-state index contributed by atoms with van der Waals surface area (Å²) in [6, 6.07) is 0. The van der Waals surface area contributed by atoms with Gasteiger partial charge in [0.05, 0.1) is 6.10 Å². The lowest BCUT2D eigenvalue weighted by molar-refractivity contribution is -0.125. The molecule has 3 heteroatoms. The Morgan fingerprint density at radius 2 is 1.80 bits per heavy atom. The van der Waals surface area contributed by atoms with E-state index in [9.17, 15) is 4.79 Å². The van der Waals surface area contributed by atoms with E-state index >= 15 is 0 Å². The third-order valence-corrected chi connectivity index (χ3v) is 4.39. The van der Waals surface area contributed by atoms with Crippen LogP contribution in [0.4, 0.5) is 0 Å². The molecule has 0 radical (unpaired) electrons. The van der Waals surface area contributed by atoms with Crippen LogP contribution in [0, 0.1) is 23.7 Å². The highest BCUT2D eigenvalue weighted by atomic mass is 16.3. The summed E-state index contributed by atoms with van der Waals surface area (Å²) in [6.07, 6.45) is 5.27. The lowest BCUT2D eigenvalue weighted by Gasteiger charge is -2.31. The molecule has 2 N–H and O–H groups in total. The Hall–Kier alpha value is -0.570. The van der Waals surface area contributed by atoms with Crippen LogP contribution < -0.4 is 5.32 Å². The summed E-state index contributed by atoms with van der Waals surface area (Å²) < 4.78 is 0. The van der Waals surface area contributed by atoms with Crippen LogP contribution in [0.1, 0.15) is 32.1 Å². The predicted octanol–water partition coefficient (Wildman–Crippen LogP) is 0.920. The summed E-state index contributed by atoms with van der Waals surface area (Å²) in [4.78, 5) is 11.8. The molecule has 15 heavy (non-hydrogen) atoms. The molecule has 0 aromatic carbocycles. The highest BCUT2D eigenvalue weighted by Gasteiger charge is 2.48. The zero-order valence-corrected chi connectivity index (χ0v) is 8.98. The van der Waals surface area contributed by atoms with E-state index in [0.29, 0.717) is 11.8 Å². The molecule has 0 spiro atoms. The molecule has 0 aromatic heterocycles. The highest BCUT2D eigenvalue weighted by molar-refractivity contribution is 5.79. The van der Waals surface area contributed by atoms with E-state index in [0.717, 1.165) is 44.1 Å². The molecule has 2 unspecified atom stereocenters. The highest BCUT2D eigenvalue weighted by Crippen LogP contribution is 2.54. The summed E-state index contributed by atoms with van der Waals surface area (Å²) in [5, 5.41) is 12.2. The quantitative estimate of drug-likeness (QED) is 0.726. The zero-order chi connectivity index (χ0) is 10.4. The Balaban J connectivity index is 1.38. The Bertz CT molecular complexity index is 263. The smallest absolute Gasteiger partial charge is 0.223 e. The van der Waals surface area contributed by atoms with Crippen LogP contribution in [0.2, 0.25) is 0 Å². The van der Waals surface area contributed by atoms with Gasteiger partial charge in [0, 0.05) is 12.5 Å². The van der Waals surface area contributed by atoms with Gasteiger partial charge in [0.15, 0.2) is 0 Å². The summed E-state index contributed by atoms with van der Waals surface area (Å²) in [6.45, 7) is 0.779. The maximum Gasteiger partial charge on any atom is 0.223 e. The number of aliphatic hydroxyl groups excluding tert-OH is 1. The number of nitrogens with one attached hydrogen (secondary N) is 1. The van der Waals surface area contributed by atoms with Crippen molar-refractivity contribution in [3.05, 3.63) is 0 Å². The largest absolute Gasteiger partial charge is 0.393 e. The summed E-state index contributed by atoms with van der Waals surface area (Å²) >= 11 is 0. The molecule has 0 bridgehead atoms. The number of hydrogen-bond acceptors (Lipinski definition) is 2. The van der Waals surface area contributed by atoms with Gasteiger partial charge >= 0.3 is 0 Å². The van der Waals surface area contributed by atoms with Gasteiger partial charge in [0.25, 0.3) is 0 Å². The van der Waals surface area contributed by atoms with Gasteiger partial charge in [-0.2, -0.15) is 0 Å². The minimum Gasteiger partial charge on any atom is -0.393 e. The van der Waals surface area contributed by atoms with Crippen LogP contribution in [0.15, 0.2) is 0 Å². The number of carbonyl (C=O) groups is 1. The molecule has 84 valence electrons. The Morgan fingerprint density at radius 1 is 1.13 bits per heavy atom. The molecular formula is C12H19NO2. The van der Waals surface area contributed by atoms with E-state index in [2.05, 4.69) is 5.32 Å². The van der Waals surface area contributed by atoms with E-state index in [1.54, 1.807) is 0 Å². The minimum atomic E-state index is -0.106. The average molecular weight is 209 g/mol. The maximum absolute atomic E-state index is 11.8. The number of hydrogen-bond donors (Lipinski definition) is 2. The second kappa shape index (κ2) is 3.48. The van der Waals surface area contributed by atoms with Crippen molar-refractivity contribution in [3.8, 4) is 0 Å². The van der Waals surface area contributed by atoms with Gasteiger partial charge in [-0.25, -0.2) is 0 Å². The van der Waals surface area contributed by atoms with E-state index in [1.165, 1.54) is 6.42 Å². The van der Waals surface area contributed by atoms with E-state index < -0.39 is 0 Å². The van der Waals surface area contributed by atoms with Crippen LogP contribution in [-0.4, -0.2) is 23.7 Å². The number of rotatable bonds is 3. The standard InChI is InChI=1S/C12H19NO2/c14-11-1-7(2-11)6-13-12(15)10-4-8-3-9(8)5-10/h7-11,14H,1-6H2,(H,13,15). The third kappa shape index (κ3) is 1.89. The van der Waals surface area contributed by atoms with Crippen molar-refractivity contribution in [2.75, 3.05) is 6.54 Å². The molecule has 0 aliphatic heterocycles. The summed E-state index contributed by atoms with van der Waals surface area (Å²) in [5.74, 6) is 2.86. The van der Waals surface area contributed by atoms with Gasteiger partial charge in [-0.15, -0.1) is 0 Å². The van der Waals surface area contributed by atoms with Gasteiger partial charge in [-0.1, -0.05) is 0 Å².